The molecule has 0 saturated heterocycles. The van der Waals surface area contributed by atoms with Crippen molar-refractivity contribution in [2.75, 3.05) is 0 Å². The molecule has 1 unspecified atom stereocenters. The minimum atomic E-state index is -0.592. The molecule has 1 atom stereocenters. The van der Waals surface area contributed by atoms with Crippen molar-refractivity contribution in [1.29, 1.82) is 0 Å². The lowest BCUT2D eigenvalue weighted by atomic mass is 9.63. The lowest BCUT2D eigenvalue weighted by Gasteiger charge is -2.42. The Hall–Kier alpha value is -2.40. The molecule has 2 N–H and O–H groups in total. The van der Waals surface area contributed by atoms with Crippen molar-refractivity contribution >= 4 is 5.91 Å². The number of nitrogens with one attached hydrogen (secondary N) is 1. The Labute approximate surface area is 147 Å². The summed E-state index contributed by atoms with van der Waals surface area (Å²) < 4.78 is 5.75. The predicted molar refractivity (Wildman–Crippen MR) is 92.8 cm³/mol. The van der Waals surface area contributed by atoms with Crippen LogP contribution in [0.3, 0.4) is 0 Å². The molecule has 5 rings (SSSR count). The lowest BCUT2D eigenvalue weighted by Crippen LogP contribution is -2.29. The van der Waals surface area contributed by atoms with Crippen molar-refractivity contribution in [1.82, 2.24) is 10.5 Å². The molecule has 0 radical (unpaired) electrons. The van der Waals surface area contributed by atoms with Gasteiger partial charge in [0.25, 0.3) is 5.91 Å². The fraction of sp³-hybridized carbons (Fsp3) is 0.400. The van der Waals surface area contributed by atoms with Crippen LogP contribution in [0.15, 0.2) is 42.6 Å². The maximum atomic E-state index is 11.3. The second-order valence-electron chi connectivity index (χ2n) is 7.12. The SMILES string of the molecule is O=C(NO)c1ccc(Oc2ccc(C3CC4CCC3CC4)cc2)nc1. The number of benzene rings is 1. The average molecular weight is 338 g/mol. The summed E-state index contributed by atoms with van der Waals surface area (Å²) in [5.74, 6) is 3.03. The summed E-state index contributed by atoms with van der Waals surface area (Å²) in [4.78, 5) is 15.4. The molecule has 0 spiro atoms. The van der Waals surface area contributed by atoms with Gasteiger partial charge in [0.05, 0.1) is 5.56 Å². The van der Waals surface area contributed by atoms with Crippen LogP contribution in [0.4, 0.5) is 0 Å². The average Bonchev–Trinajstić information content (AvgIpc) is 2.69. The molecule has 5 heteroatoms. The number of hydroxylamine groups is 1. The number of pyridine rings is 1. The summed E-state index contributed by atoms with van der Waals surface area (Å²) in [7, 11) is 0. The number of fused-ring (bicyclic) bond motifs is 3. The first-order valence-electron chi connectivity index (χ1n) is 8.91. The van der Waals surface area contributed by atoms with Gasteiger partial charge in [-0.15, -0.1) is 0 Å². The van der Waals surface area contributed by atoms with Crippen LogP contribution in [0.1, 0.15) is 53.9 Å². The number of aromatic nitrogens is 1. The summed E-state index contributed by atoms with van der Waals surface area (Å²) in [6.45, 7) is 0. The van der Waals surface area contributed by atoms with Gasteiger partial charge < -0.3 is 4.74 Å². The van der Waals surface area contributed by atoms with Crippen LogP contribution in [0, 0.1) is 11.8 Å². The molecule has 130 valence electrons. The Kier molecular flexibility index (Phi) is 4.40. The quantitative estimate of drug-likeness (QED) is 0.644. The first-order valence-corrected chi connectivity index (χ1v) is 8.91. The molecule has 2 bridgehead atoms. The van der Waals surface area contributed by atoms with E-state index in [9.17, 15) is 4.79 Å². The fourth-order valence-electron chi connectivity index (χ4n) is 4.33. The van der Waals surface area contributed by atoms with Gasteiger partial charge >= 0.3 is 0 Å². The van der Waals surface area contributed by atoms with Crippen molar-refractivity contribution < 1.29 is 14.7 Å². The first-order chi connectivity index (χ1) is 12.2. The smallest absolute Gasteiger partial charge is 0.276 e. The van der Waals surface area contributed by atoms with Gasteiger partial charge in [0.15, 0.2) is 0 Å². The number of rotatable bonds is 4. The number of hydrogen-bond acceptors (Lipinski definition) is 4. The van der Waals surface area contributed by atoms with E-state index in [0.29, 0.717) is 11.8 Å². The van der Waals surface area contributed by atoms with Gasteiger partial charge in [0.1, 0.15) is 5.75 Å². The van der Waals surface area contributed by atoms with Crippen molar-refractivity contribution in [2.45, 2.75) is 38.0 Å². The molecule has 1 amide bonds. The van der Waals surface area contributed by atoms with Gasteiger partial charge in [0.2, 0.25) is 5.88 Å². The summed E-state index contributed by atoms with van der Waals surface area (Å²) in [5.41, 5.74) is 3.28. The summed E-state index contributed by atoms with van der Waals surface area (Å²) in [5, 5.41) is 8.61. The van der Waals surface area contributed by atoms with Gasteiger partial charge in [-0.05, 0) is 60.8 Å². The van der Waals surface area contributed by atoms with E-state index in [1.807, 2.05) is 12.1 Å². The molecule has 2 aromatic rings. The fourth-order valence-corrected chi connectivity index (χ4v) is 4.33. The van der Waals surface area contributed by atoms with Crippen LogP contribution < -0.4 is 10.2 Å². The van der Waals surface area contributed by atoms with Gasteiger partial charge in [0, 0.05) is 12.3 Å². The van der Waals surface area contributed by atoms with Crippen molar-refractivity contribution in [3.05, 3.63) is 53.7 Å². The minimum Gasteiger partial charge on any atom is -0.439 e. The van der Waals surface area contributed by atoms with Crippen molar-refractivity contribution in [2.24, 2.45) is 11.8 Å². The summed E-state index contributed by atoms with van der Waals surface area (Å²) in [6, 6.07) is 11.5. The highest BCUT2D eigenvalue weighted by molar-refractivity contribution is 5.92. The van der Waals surface area contributed by atoms with E-state index in [1.165, 1.54) is 43.9 Å². The number of carbonyl (C=O) groups is 1. The Balaban J connectivity index is 1.43. The molecule has 0 aliphatic heterocycles. The zero-order chi connectivity index (χ0) is 17.2. The molecule has 1 aromatic carbocycles. The normalized spacial score (nSPS) is 24.8. The molecule has 1 aromatic heterocycles. The van der Waals surface area contributed by atoms with Crippen LogP contribution in [-0.2, 0) is 0 Å². The van der Waals surface area contributed by atoms with E-state index >= 15 is 0 Å². The van der Waals surface area contributed by atoms with E-state index in [-0.39, 0.29) is 5.56 Å². The minimum absolute atomic E-state index is 0.276. The number of amides is 1. The molecular weight excluding hydrogens is 316 g/mol. The second-order valence-corrected chi connectivity index (χ2v) is 7.12. The summed E-state index contributed by atoms with van der Waals surface area (Å²) in [6.07, 6.45) is 8.29. The van der Waals surface area contributed by atoms with E-state index in [1.54, 1.807) is 17.6 Å². The topological polar surface area (TPSA) is 71.5 Å². The molecule has 3 saturated carbocycles. The molecule has 3 fully saturated rings. The first kappa shape index (κ1) is 16.1. The Bertz CT molecular complexity index is 735. The second kappa shape index (κ2) is 6.84. The van der Waals surface area contributed by atoms with Crippen LogP contribution in [-0.4, -0.2) is 16.1 Å². The van der Waals surface area contributed by atoms with E-state index in [2.05, 4.69) is 17.1 Å². The van der Waals surface area contributed by atoms with E-state index in [4.69, 9.17) is 9.94 Å². The third-order valence-electron chi connectivity index (χ3n) is 5.68. The third kappa shape index (κ3) is 3.37. The van der Waals surface area contributed by atoms with Crippen molar-refractivity contribution in [3.63, 3.8) is 0 Å². The zero-order valence-electron chi connectivity index (χ0n) is 14.0. The van der Waals surface area contributed by atoms with Crippen LogP contribution in [0.2, 0.25) is 0 Å². The highest BCUT2D eigenvalue weighted by Gasteiger charge is 2.36. The Morgan fingerprint density at radius 1 is 1.08 bits per heavy atom. The van der Waals surface area contributed by atoms with Gasteiger partial charge in [-0.25, -0.2) is 10.5 Å². The van der Waals surface area contributed by atoms with Crippen LogP contribution >= 0.6 is 0 Å². The molecule has 3 aliphatic rings. The molecule has 5 nitrogen and oxygen atoms in total. The highest BCUT2D eigenvalue weighted by atomic mass is 16.5. The van der Waals surface area contributed by atoms with Crippen molar-refractivity contribution in [3.8, 4) is 11.6 Å². The van der Waals surface area contributed by atoms with Crippen LogP contribution in [0.25, 0.3) is 0 Å². The lowest BCUT2D eigenvalue weighted by molar-refractivity contribution is 0.0706. The number of nitrogens with zero attached hydrogens (tertiary/aromatic N) is 1. The van der Waals surface area contributed by atoms with E-state index < -0.39 is 5.91 Å². The summed E-state index contributed by atoms with van der Waals surface area (Å²) >= 11 is 0. The van der Waals surface area contributed by atoms with Gasteiger partial charge in [-0.3, -0.25) is 10.0 Å². The Morgan fingerprint density at radius 2 is 1.84 bits per heavy atom. The molecule has 25 heavy (non-hydrogen) atoms. The Morgan fingerprint density at radius 3 is 2.40 bits per heavy atom. The predicted octanol–water partition coefficient (Wildman–Crippen LogP) is 4.29. The maximum absolute atomic E-state index is 11.3. The molecule has 1 heterocycles. The maximum Gasteiger partial charge on any atom is 0.276 e. The van der Waals surface area contributed by atoms with E-state index in [0.717, 1.165) is 17.6 Å². The number of hydrogen-bond donors (Lipinski definition) is 2. The largest absolute Gasteiger partial charge is 0.439 e. The highest BCUT2D eigenvalue weighted by Crippen LogP contribution is 2.49. The number of ether oxygens (including phenoxy) is 1. The van der Waals surface area contributed by atoms with Gasteiger partial charge in [-0.1, -0.05) is 25.0 Å². The third-order valence-corrected chi connectivity index (χ3v) is 5.68. The standard InChI is InChI=1S/C20H22N2O3/c23-20(22-24)16-7-10-19(21-12-16)25-17-8-5-15(6-9-17)18-11-13-1-3-14(18)4-2-13/h5-10,12-14,18,24H,1-4,11H2,(H,22,23). The van der Waals surface area contributed by atoms with Gasteiger partial charge in [-0.2, -0.15) is 0 Å². The zero-order valence-corrected chi connectivity index (χ0v) is 14.0. The number of carbonyl (C=O) groups excluding carboxylic acids is 1. The van der Waals surface area contributed by atoms with Crippen LogP contribution in [0.5, 0.6) is 11.6 Å². The monoisotopic (exact) mass is 338 g/mol. The molecule has 3 aliphatic carbocycles. The molecular formula is C20H22N2O3.